The lowest BCUT2D eigenvalue weighted by Gasteiger charge is -2.37. The van der Waals surface area contributed by atoms with Crippen molar-refractivity contribution < 1.29 is 8.42 Å². The topological polar surface area (TPSA) is 123 Å². The molecule has 1 unspecified atom stereocenters. The third-order valence-electron chi connectivity index (χ3n) is 7.65. The summed E-state index contributed by atoms with van der Waals surface area (Å²) in [4.78, 5) is 26.6. The summed E-state index contributed by atoms with van der Waals surface area (Å²) in [6, 6.07) is 1.81. The number of likely N-dealkylation sites (N-methyl/N-ethyl adjacent to an activating group) is 1. The summed E-state index contributed by atoms with van der Waals surface area (Å²) in [6.07, 6.45) is 7.06. The zero-order chi connectivity index (χ0) is 26.9. The van der Waals surface area contributed by atoms with Gasteiger partial charge in [0.2, 0.25) is 16.0 Å². The van der Waals surface area contributed by atoms with Crippen molar-refractivity contribution in [1.82, 2.24) is 34.1 Å². The number of aromatic amines is 1. The Morgan fingerprint density at radius 1 is 1.13 bits per heavy atom. The van der Waals surface area contributed by atoms with Gasteiger partial charge < -0.3 is 20.1 Å². The highest BCUT2D eigenvalue weighted by Crippen LogP contribution is 2.30. The van der Waals surface area contributed by atoms with Crippen LogP contribution in [-0.4, -0.2) is 101 Å². The summed E-state index contributed by atoms with van der Waals surface area (Å²) >= 11 is 0. The highest BCUT2D eigenvalue weighted by atomic mass is 32.2. The molecule has 38 heavy (non-hydrogen) atoms. The first-order chi connectivity index (χ1) is 18.2. The average molecular weight is 542 g/mol. The highest BCUT2D eigenvalue weighted by Gasteiger charge is 2.33. The number of nitrogens with one attached hydrogen (secondary N) is 2. The number of sulfonamides is 1. The van der Waals surface area contributed by atoms with Crippen molar-refractivity contribution in [3.05, 3.63) is 24.7 Å². The van der Waals surface area contributed by atoms with Gasteiger partial charge in [-0.05, 0) is 31.4 Å². The maximum atomic E-state index is 13.2. The van der Waals surface area contributed by atoms with Crippen molar-refractivity contribution in [2.24, 2.45) is 11.8 Å². The molecule has 2 fully saturated rings. The Morgan fingerprint density at radius 3 is 2.68 bits per heavy atom. The van der Waals surface area contributed by atoms with E-state index in [1.54, 1.807) is 10.5 Å². The Morgan fingerprint density at radius 2 is 1.92 bits per heavy atom. The predicted octanol–water partition coefficient (Wildman–Crippen LogP) is 2.66. The van der Waals surface area contributed by atoms with E-state index in [1.165, 1.54) is 0 Å². The first kappa shape index (κ1) is 26.8. The first-order valence-corrected chi connectivity index (χ1v) is 15.2. The van der Waals surface area contributed by atoms with E-state index >= 15 is 0 Å². The fraction of sp³-hybridized carbons (Fsp3) is 0.615. The summed E-state index contributed by atoms with van der Waals surface area (Å²) in [5.74, 6) is 1.87. The van der Waals surface area contributed by atoms with Crippen LogP contribution in [0.5, 0.6) is 0 Å². The number of rotatable bonds is 8. The molecule has 0 saturated carbocycles. The lowest BCUT2D eigenvalue weighted by atomic mass is 9.97. The van der Waals surface area contributed by atoms with E-state index in [2.05, 4.69) is 39.1 Å². The van der Waals surface area contributed by atoms with Gasteiger partial charge in [-0.2, -0.15) is 9.29 Å². The molecular weight excluding hydrogens is 502 g/mol. The third kappa shape index (κ3) is 5.92. The minimum absolute atomic E-state index is 0.0802. The van der Waals surface area contributed by atoms with Gasteiger partial charge in [-0.25, -0.2) is 23.4 Å². The Labute approximate surface area is 225 Å². The van der Waals surface area contributed by atoms with Crippen LogP contribution in [0.15, 0.2) is 24.7 Å². The van der Waals surface area contributed by atoms with E-state index in [9.17, 15) is 8.42 Å². The van der Waals surface area contributed by atoms with Crippen LogP contribution in [0, 0.1) is 11.8 Å². The molecule has 0 amide bonds. The van der Waals surface area contributed by atoms with Crippen LogP contribution in [0.2, 0.25) is 0 Å². The Hall–Kier alpha value is -2.83. The smallest absolute Gasteiger partial charge is 0.227 e. The summed E-state index contributed by atoms with van der Waals surface area (Å²) < 4.78 is 28.1. The summed E-state index contributed by atoms with van der Waals surface area (Å²) in [6.45, 7) is 10.7. The maximum absolute atomic E-state index is 13.2. The summed E-state index contributed by atoms with van der Waals surface area (Å²) in [5, 5.41) is 3.61. The van der Waals surface area contributed by atoms with Crippen molar-refractivity contribution in [1.29, 1.82) is 0 Å². The van der Waals surface area contributed by atoms with Gasteiger partial charge in [0, 0.05) is 57.7 Å². The van der Waals surface area contributed by atoms with E-state index in [1.807, 2.05) is 32.3 Å². The fourth-order valence-electron chi connectivity index (χ4n) is 5.20. The van der Waals surface area contributed by atoms with Crippen LogP contribution >= 0.6 is 0 Å². The number of H-pyrrole nitrogens is 1. The minimum atomic E-state index is -3.34. The van der Waals surface area contributed by atoms with Crippen LogP contribution < -0.4 is 10.2 Å². The van der Waals surface area contributed by atoms with Gasteiger partial charge in [-0.15, -0.1) is 0 Å². The zero-order valence-electron chi connectivity index (χ0n) is 22.8. The number of piperazine rings is 1. The molecule has 2 saturated heterocycles. The number of fused-ring (bicyclic) bond motifs is 1. The predicted molar refractivity (Wildman–Crippen MR) is 151 cm³/mol. The number of hydrogen-bond donors (Lipinski definition) is 2. The normalized spacial score (nSPS) is 22.6. The molecule has 2 aliphatic heterocycles. The largest absolute Gasteiger partial charge is 0.365 e. The Bertz CT molecular complexity index is 1350. The lowest BCUT2D eigenvalue weighted by molar-refractivity contribution is 0.262. The van der Waals surface area contributed by atoms with Gasteiger partial charge in [0.15, 0.2) is 5.65 Å². The van der Waals surface area contributed by atoms with Gasteiger partial charge in [-0.3, -0.25) is 0 Å². The maximum Gasteiger partial charge on any atom is 0.227 e. The SMILES string of the molecule is CCC(C)CS(=O)(=O)N1C[C@@H](C)C[C@H](Nc2nc(N3CCN(C)CC3)ncc2-c2cnc3[nH]ccc3n2)C1. The number of anilines is 2. The van der Waals surface area contributed by atoms with Gasteiger partial charge in [0.25, 0.3) is 0 Å². The summed E-state index contributed by atoms with van der Waals surface area (Å²) in [5.41, 5.74) is 2.92. The molecule has 3 aromatic heterocycles. The van der Waals surface area contributed by atoms with Gasteiger partial charge in [0.05, 0.1) is 23.2 Å². The molecule has 0 bridgehead atoms. The van der Waals surface area contributed by atoms with Crippen molar-refractivity contribution in [3.8, 4) is 11.3 Å². The van der Waals surface area contributed by atoms with E-state index < -0.39 is 10.0 Å². The molecule has 3 aromatic rings. The molecule has 2 aliphatic rings. The van der Waals surface area contributed by atoms with Gasteiger partial charge >= 0.3 is 0 Å². The monoisotopic (exact) mass is 541 g/mol. The number of hydrogen-bond acceptors (Lipinski definition) is 9. The number of aromatic nitrogens is 5. The first-order valence-electron chi connectivity index (χ1n) is 13.6. The van der Waals surface area contributed by atoms with E-state index in [0.717, 1.165) is 55.7 Å². The standard InChI is InChI=1S/C26H39N9O2S/c1-5-18(2)17-38(36,37)35-15-19(3)12-20(16-35)30-24-21(23-14-28-25-22(31-23)6-7-27-25)13-29-26(32-24)34-10-8-33(4)9-11-34/h6-7,13-14,18-20H,5,8-12,15-17H2,1-4H3,(H,27,28)(H,29,30,32)/t18?,19-,20-/m0/s1. The molecular formula is C26H39N9O2S. The van der Waals surface area contributed by atoms with Gasteiger partial charge in [0.1, 0.15) is 11.3 Å². The average Bonchev–Trinajstić information content (AvgIpc) is 3.36. The molecule has 0 aromatic carbocycles. The van der Waals surface area contributed by atoms with Crippen molar-refractivity contribution in [3.63, 3.8) is 0 Å². The van der Waals surface area contributed by atoms with Crippen molar-refractivity contribution in [2.45, 2.75) is 39.7 Å². The molecule has 0 spiro atoms. The van der Waals surface area contributed by atoms with Gasteiger partial charge in [-0.1, -0.05) is 27.2 Å². The van der Waals surface area contributed by atoms with Crippen molar-refractivity contribution in [2.75, 3.05) is 62.3 Å². The van der Waals surface area contributed by atoms with Crippen molar-refractivity contribution >= 4 is 33.0 Å². The molecule has 11 nitrogen and oxygen atoms in total. The van der Waals surface area contributed by atoms with Crippen LogP contribution in [0.3, 0.4) is 0 Å². The van der Waals surface area contributed by atoms with E-state index in [0.29, 0.717) is 30.5 Å². The highest BCUT2D eigenvalue weighted by molar-refractivity contribution is 7.89. The van der Waals surface area contributed by atoms with Crippen LogP contribution in [0.25, 0.3) is 22.4 Å². The second kappa shape index (κ2) is 11.1. The minimum Gasteiger partial charge on any atom is -0.365 e. The molecule has 5 heterocycles. The quantitative estimate of drug-likeness (QED) is 0.443. The molecule has 206 valence electrons. The molecule has 5 rings (SSSR count). The molecule has 3 atom stereocenters. The van der Waals surface area contributed by atoms with E-state index in [-0.39, 0.29) is 23.6 Å². The Balaban J connectivity index is 1.45. The fourth-order valence-corrected chi connectivity index (χ4v) is 7.25. The number of nitrogens with zero attached hydrogens (tertiary/aromatic N) is 7. The molecule has 2 N–H and O–H groups in total. The number of piperidine rings is 1. The molecule has 0 aliphatic carbocycles. The van der Waals surface area contributed by atoms with Crippen LogP contribution in [0.1, 0.15) is 33.6 Å². The zero-order valence-corrected chi connectivity index (χ0v) is 23.6. The molecule has 0 radical (unpaired) electrons. The lowest BCUT2D eigenvalue weighted by Crippen LogP contribution is -2.49. The molecule has 12 heteroatoms. The second-order valence-electron chi connectivity index (χ2n) is 11.0. The van der Waals surface area contributed by atoms with Crippen LogP contribution in [0.4, 0.5) is 11.8 Å². The Kier molecular flexibility index (Phi) is 7.83. The van der Waals surface area contributed by atoms with Crippen LogP contribution in [-0.2, 0) is 10.0 Å². The second-order valence-corrected chi connectivity index (χ2v) is 13.0. The van der Waals surface area contributed by atoms with E-state index in [4.69, 9.17) is 15.0 Å². The summed E-state index contributed by atoms with van der Waals surface area (Å²) in [7, 11) is -1.22. The third-order valence-corrected chi connectivity index (χ3v) is 9.73.